The summed E-state index contributed by atoms with van der Waals surface area (Å²) in [4.78, 5) is 48.1. The number of aromatic nitrogens is 3. The Morgan fingerprint density at radius 3 is 2.42 bits per heavy atom. The lowest BCUT2D eigenvalue weighted by Gasteiger charge is -2.17. The molecule has 11 nitrogen and oxygen atoms in total. The Hall–Kier alpha value is -4.81. The van der Waals surface area contributed by atoms with Crippen LogP contribution in [0.5, 0.6) is 5.88 Å². The highest BCUT2D eigenvalue weighted by molar-refractivity contribution is 6.39. The molecule has 268 valence electrons. The molecule has 3 aromatic heterocycles. The Morgan fingerprint density at radius 2 is 1.73 bits per heavy atom. The van der Waals surface area contributed by atoms with Gasteiger partial charge >= 0.3 is 5.97 Å². The second-order valence-corrected chi connectivity index (χ2v) is 14.1. The Labute approximate surface area is 310 Å². The molecule has 2 aliphatic rings. The van der Waals surface area contributed by atoms with Crippen molar-refractivity contribution in [3.05, 3.63) is 104 Å². The molecule has 13 heteroatoms. The number of nitrogens with zero attached hydrogens (tertiary/aromatic N) is 4. The Bertz CT molecular complexity index is 2260. The zero-order chi connectivity index (χ0) is 36.5. The fourth-order valence-electron chi connectivity index (χ4n) is 7.08. The average Bonchev–Trinajstić information content (AvgIpc) is 3.79. The van der Waals surface area contributed by atoms with Crippen molar-refractivity contribution in [2.45, 2.75) is 45.3 Å². The molecule has 0 aliphatic carbocycles. The van der Waals surface area contributed by atoms with Gasteiger partial charge in [-0.25, -0.2) is 9.97 Å². The summed E-state index contributed by atoms with van der Waals surface area (Å²) in [5, 5.41) is 16.7. The Morgan fingerprint density at radius 1 is 1.00 bits per heavy atom. The molecule has 0 bridgehead atoms. The molecule has 7 rings (SSSR count). The van der Waals surface area contributed by atoms with Gasteiger partial charge < -0.3 is 20.5 Å². The minimum atomic E-state index is -0.807. The molecule has 3 N–H and O–H groups in total. The van der Waals surface area contributed by atoms with Crippen LogP contribution in [-0.4, -0.2) is 69.0 Å². The number of rotatable bonds is 11. The number of likely N-dealkylation sites (tertiary alicyclic amines) is 1. The predicted molar refractivity (Wildman–Crippen MR) is 201 cm³/mol. The summed E-state index contributed by atoms with van der Waals surface area (Å²) in [6.45, 7) is 4.40. The van der Waals surface area contributed by atoms with E-state index in [9.17, 15) is 19.5 Å². The van der Waals surface area contributed by atoms with Crippen molar-refractivity contribution < 1.29 is 19.4 Å². The number of carboxylic acid groups (broad SMARTS) is 1. The van der Waals surface area contributed by atoms with Crippen LogP contribution in [0.4, 0.5) is 0 Å². The number of nitrogens with one attached hydrogen (secondary N) is 2. The van der Waals surface area contributed by atoms with Gasteiger partial charge in [-0.05, 0) is 50.1 Å². The fourth-order valence-corrected chi connectivity index (χ4v) is 7.74. The van der Waals surface area contributed by atoms with Gasteiger partial charge in [-0.3, -0.25) is 23.7 Å². The number of hydrogen-bond acceptors (Lipinski definition) is 8. The summed E-state index contributed by atoms with van der Waals surface area (Å²) in [5.41, 5.74) is 6.74. The Kier molecular flexibility index (Phi) is 10.3. The first kappa shape index (κ1) is 35.6. The molecule has 0 spiro atoms. The molecule has 1 amide bonds. The number of carboxylic acids is 1. The SMILES string of the molecule is COc1nc(-c2cccc(-c3cccc(-c4ccn5c(=O)c(CN6CC[C@@H](C(=O)O)C6)c(C)nc5c4)c3Cl)c2Cl)ccc1CNC[C@H]1CCC(=O)N1. The summed E-state index contributed by atoms with van der Waals surface area (Å²) in [6.07, 6.45) is 3.65. The van der Waals surface area contributed by atoms with E-state index in [1.54, 1.807) is 13.3 Å². The van der Waals surface area contributed by atoms with Crippen molar-refractivity contribution in [2.24, 2.45) is 5.92 Å². The number of fused-ring (bicyclic) bond motifs is 1. The first-order chi connectivity index (χ1) is 25.1. The van der Waals surface area contributed by atoms with Crippen molar-refractivity contribution in [2.75, 3.05) is 26.7 Å². The molecular formula is C39H38Cl2N6O5. The maximum Gasteiger partial charge on any atom is 0.307 e. The van der Waals surface area contributed by atoms with Crippen molar-refractivity contribution >= 4 is 40.7 Å². The van der Waals surface area contributed by atoms with Crippen LogP contribution >= 0.6 is 23.2 Å². The van der Waals surface area contributed by atoms with Gasteiger partial charge in [0.2, 0.25) is 11.8 Å². The molecular weight excluding hydrogens is 703 g/mol. The molecule has 5 aromatic rings. The van der Waals surface area contributed by atoms with Crippen molar-refractivity contribution in [3.8, 4) is 39.4 Å². The van der Waals surface area contributed by atoms with Gasteiger partial charge in [-0.1, -0.05) is 65.7 Å². The molecule has 2 saturated heterocycles. The minimum Gasteiger partial charge on any atom is -0.481 e. The lowest BCUT2D eigenvalue weighted by Crippen LogP contribution is -2.35. The van der Waals surface area contributed by atoms with Crippen LogP contribution in [0.2, 0.25) is 10.0 Å². The van der Waals surface area contributed by atoms with E-state index in [2.05, 4.69) is 10.6 Å². The smallest absolute Gasteiger partial charge is 0.307 e. The van der Waals surface area contributed by atoms with Crippen LogP contribution in [-0.2, 0) is 22.7 Å². The third-order valence-corrected chi connectivity index (χ3v) is 10.7. The van der Waals surface area contributed by atoms with Gasteiger partial charge in [0.05, 0.1) is 34.3 Å². The number of aryl methyl sites for hydroxylation is 1. The maximum atomic E-state index is 13.6. The average molecular weight is 742 g/mol. The third-order valence-electron chi connectivity index (χ3n) is 9.93. The molecule has 2 aliphatic heterocycles. The number of carbonyl (C=O) groups is 2. The molecule has 2 fully saturated rings. The summed E-state index contributed by atoms with van der Waals surface area (Å²) >= 11 is 14.2. The fraction of sp³-hybridized carbons (Fsp3) is 0.308. The van der Waals surface area contributed by atoms with Crippen molar-refractivity contribution in [1.82, 2.24) is 29.9 Å². The van der Waals surface area contributed by atoms with E-state index in [1.807, 2.05) is 72.5 Å². The van der Waals surface area contributed by atoms with Crippen molar-refractivity contribution in [3.63, 3.8) is 0 Å². The van der Waals surface area contributed by atoms with Crippen LogP contribution in [0.3, 0.4) is 0 Å². The summed E-state index contributed by atoms with van der Waals surface area (Å²) in [7, 11) is 1.58. The van der Waals surface area contributed by atoms with Gasteiger partial charge in [0, 0.05) is 78.3 Å². The number of benzene rings is 2. The monoisotopic (exact) mass is 740 g/mol. The Balaban J connectivity index is 1.14. The molecule has 2 atom stereocenters. The van der Waals surface area contributed by atoms with Crippen LogP contribution in [0.25, 0.3) is 39.2 Å². The molecule has 0 radical (unpaired) electrons. The zero-order valence-electron chi connectivity index (χ0n) is 28.8. The quantitative estimate of drug-likeness (QED) is 0.149. The molecule has 5 heterocycles. The molecule has 0 unspecified atom stereocenters. The summed E-state index contributed by atoms with van der Waals surface area (Å²) in [5.74, 6) is -0.656. The van der Waals surface area contributed by atoms with Gasteiger partial charge in [0.1, 0.15) is 5.65 Å². The molecule has 2 aromatic carbocycles. The van der Waals surface area contributed by atoms with Crippen LogP contribution in [0, 0.1) is 12.8 Å². The van der Waals surface area contributed by atoms with E-state index in [0.717, 1.165) is 39.8 Å². The van der Waals surface area contributed by atoms with Gasteiger partial charge in [0.15, 0.2) is 0 Å². The number of amides is 1. The highest BCUT2D eigenvalue weighted by Crippen LogP contribution is 2.42. The lowest BCUT2D eigenvalue weighted by molar-refractivity contribution is -0.141. The topological polar surface area (TPSA) is 138 Å². The first-order valence-corrected chi connectivity index (χ1v) is 18.0. The van der Waals surface area contributed by atoms with Gasteiger partial charge in [-0.15, -0.1) is 0 Å². The summed E-state index contributed by atoms with van der Waals surface area (Å²) < 4.78 is 7.17. The van der Waals surface area contributed by atoms with E-state index in [4.69, 9.17) is 37.9 Å². The second-order valence-electron chi connectivity index (χ2n) is 13.3. The zero-order valence-corrected chi connectivity index (χ0v) is 30.3. The number of halogens is 2. The number of hydrogen-bond donors (Lipinski definition) is 3. The van der Waals surface area contributed by atoms with E-state index in [0.29, 0.717) is 84.1 Å². The van der Waals surface area contributed by atoms with Crippen LogP contribution < -0.4 is 20.9 Å². The number of pyridine rings is 2. The third kappa shape index (κ3) is 7.14. The highest BCUT2D eigenvalue weighted by Gasteiger charge is 2.29. The first-order valence-electron chi connectivity index (χ1n) is 17.2. The highest BCUT2D eigenvalue weighted by atomic mass is 35.5. The van der Waals surface area contributed by atoms with Crippen LogP contribution in [0.15, 0.2) is 71.7 Å². The number of aliphatic carboxylic acids is 1. The number of ether oxygens (including phenoxy) is 1. The molecule has 0 saturated carbocycles. The van der Waals surface area contributed by atoms with Gasteiger partial charge in [0.25, 0.3) is 5.56 Å². The van der Waals surface area contributed by atoms with Crippen LogP contribution in [0.1, 0.15) is 36.1 Å². The molecule has 52 heavy (non-hydrogen) atoms. The largest absolute Gasteiger partial charge is 0.481 e. The van der Waals surface area contributed by atoms with E-state index >= 15 is 0 Å². The van der Waals surface area contributed by atoms with Gasteiger partial charge in [-0.2, -0.15) is 0 Å². The normalized spacial score (nSPS) is 17.5. The maximum absolute atomic E-state index is 13.6. The number of methoxy groups -OCH3 is 1. The summed E-state index contributed by atoms with van der Waals surface area (Å²) in [6, 6.07) is 19.2. The standard InChI is InChI=1S/C39H38Cl2N6O5/c1-22-31(21-46-15-13-25(20-46)39(50)51)38(49)47-16-14-23(17-33(47)43-22)27-5-3-6-28(35(27)40)29-7-4-8-30(36(29)41)32-11-9-24(37(45-32)52-2)18-42-19-26-10-12-34(48)44-26/h3-9,11,14,16-17,25-26,42H,10,12-13,15,18-21H2,1-2H3,(H,44,48)(H,50,51)/t25-,26-/m1/s1. The number of carbonyl (C=O) groups excluding carboxylic acids is 1. The predicted octanol–water partition coefficient (Wildman–Crippen LogP) is 5.99. The minimum absolute atomic E-state index is 0.0881. The lowest BCUT2D eigenvalue weighted by atomic mass is 9.97. The van der Waals surface area contributed by atoms with E-state index in [1.165, 1.54) is 4.40 Å². The van der Waals surface area contributed by atoms with Crippen molar-refractivity contribution in [1.29, 1.82) is 0 Å². The van der Waals surface area contributed by atoms with E-state index in [-0.39, 0.29) is 17.5 Å². The van der Waals surface area contributed by atoms with E-state index < -0.39 is 11.9 Å². The second kappa shape index (κ2) is 15.0.